The van der Waals surface area contributed by atoms with Crippen molar-refractivity contribution >= 4 is 45.8 Å². The number of carbonyl (C=O) groups is 3. The van der Waals surface area contributed by atoms with Gasteiger partial charge in [0.05, 0.1) is 29.5 Å². The number of imide groups is 1. The monoisotopic (exact) mass is 455 g/mol. The van der Waals surface area contributed by atoms with Crippen LogP contribution in [-0.4, -0.2) is 32.7 Å². The third-order valence-corrected chi connectivity index (χ3v) is 6.41. The Morgan fingerprint density at radius 3 is 2.61 bits per heavy atom. The number of nitrogens with zero attached hydrogens (tertiary/aromatic N) is 3. The molecule has 0 N–H and O–H groups in total. The van der Waals surface area contributed by atoms with Crippen molar-refractivity contribution < 1.29 is 18.8 Å². The highest BCUT2D eigenvalue weighted by Crippen LogP contribution is 2.24. The summed E-state index contributed by atoms with van der Waals surface area (Å²) in [4.78, 5) is 44.4. The average molecular weight is 456 g/mol. The molecule has 1 aliphatic heterocycles. The first-order chi connectivity index (χ1) is 14.9. The van der Waals surface area contributed by atoms with Crippen LogP contribution in [0.4, 0.5) is 14.9 Å². The Bertz CT molecular complexity index is 1130. The topological polar surface area (TPSA) is 70.6 Å². The molecule has 3 amide bonds. The summed E-state index contributed by atoms with van der Waals surface area (Å²) >= 11 is 2.47. The van der Waals surface area contributed by atoms with Gasteiger partial charge in [0.25, 0.3) is 11.1 Å². The van der Waals surface area contributed by atoms with Crippen LogP contribution in [0.3, 0.4) is 0 Å². The van der Waals surface area contributed by atoms with Crippen LogP contribution in [0, 0.1) is 12.7 Å². The summed E-state index contributed by atoms with van der Waals surface area (Å²) in [5, 5.41) is 2.49. The van der Waals surface area contributed by atoms with Gasteiger partial charge in [-0.05, 0) is 48.9 Å². The number of anilines is 1. The van der Waals surface area contributed by atoms with Crippen molar-refractivity contribution in [3.63, 3.8) is 0 Å². The van der Waals surface area contributed by atoms with E-state index in [1.54, 1.807) is 36.4 Å². The maximum absolute atomic E-state index is 13.4. The van der Waals surface area contributed by atoms with Crippen molar-refractivity contribution in [3.05, 3.63) is 81.6 Å². The summed E-state index contributed by atoms with van der Waals surface area (Å²) in [5.74, 6) is -0.769. The fourth-order valence-corrected chi connectivity index (χ4v) is 4.55. The minimum Gasteiger partial charge on any atom is -0.302 e. The van der Waals surface area contributed by atoms with Crippen LogP contribution >= 0.6 is 23.1 Å². The van der Waals surface area contributed by atoms with E-state index in [0.717, 1.165) is 22.5 Å². The number of halogens is 1. The maximum Gasteiger partial charge on any atom is 0.289 e. The van der Waals surface area contributed by atoms with Gasteiger partial charge in [-0.1, -0.05) is 23.9 Å². The molecule has 9 heteroatoms. The van der Waals surface area contributed by atoms with Gasteiger partial charge in [0.1, 0.15) is 5.82 Å². The van der Waals surface area contributed by atoms with E-state index in [2.05, 4.69) is 4.98 Å². The Morgan fingerprint density at radius 1 is 1.19 bits per heavy atom. The van der Waals surface area contributed by atoms with Crippen molar-refractivity contribution in [2.24, 2.45) is 0 Å². The average Bonchev–Trinajstić information content (AvgIpc) is 3.32. The Morgan fingerprint density at radius 2 is 1.97 bits per heavy atom. The quantitative estimate of drug-likeness (QED) is 0.542. The van der Waals surface area contributed by atoms with Crippen molar-refractivity contribution in [2.45, 2.75) is 20.0 Å². The van der Waals surface area contributed by atoms with Crippen LogP contribution < -0.4 is 4.90 Å². The largest absolute Gasteiger partial charge is 0.302 e. The third kappa shape index (κ3) is 4.83. The first-order valence-electron chi connectivity index (χ1n) is 9.45. The fraction of sp³-hybridized carbons (Fsp3) is 0.182. The molecule has 2 aromatic carbocycles. The van der Waals surface area contributed by atoms with Gasteiger partial charge >= 0.3 is 0 Å². The molecule has 1 aromatic heterocycles. The molecule has 0 saturated carbocycles. The number of hydrogen-bond donors (Lipinski definition) is 0. The molecule has 4 rings (SSSR count). The molecule has 158 valence electrons. The number of aryl methyl sites for hydroxylation is 1. The van der Waals surface area contributed by atoms with Crippen LogP contribution in [0.15, 0.2) is 53.9 Å². The fourth-order valence-electron chi connectivity index (χ4n) is 3.22. The minimum atomic E-state index is -0.388. The standard InChI is InChI=1S/C22H18FN3O3S2/c1-14-24-18(12-30-14)11-25(19-7-5-17(23)6-8-19)21(28)16-4-2-3-15(9-16)10-26-20(27)13-31-22(26)29/h2-9,12H,10-11,13H2,1H3. The lowest BCUT2D eigenvalue weighted by Crippen LogP contribution is -2.31. The number of carbonyl (C=O) groups excluding carboxylic acids is 3. The summed E-state index contributed by atoms with van der Waals surface area (Å²) in [7, 11) is 0. The molecule has 31 heavy (non-hydrogen) atoms. The van der Waals surface area contributed by atoms with E-state index in [0.29, 0.717) is 16.8 Å². The van der Waals surface area contributed by atoms with Crippen LogP contribution in [0.2, 0.25) is 0 Å². The van der Waals surface area contributed by atoms with E-state index in [1.165, 1.54) is 33.3 Å². The van der Waals surface area contributed by atoms with E-state index < -0.39 is 0 Å². The molecule has 1 fully saturated rings. The van der Waals surface area contributed by atoms with E-state index in [1.807, 2.05) is 12.3 Å². The first kappa shape index (κ1) is 21.2. The van der Waals surface area contributed by atoms with Crippen LogP contribution in [-0.2, 0) is 17.9 Å². The number of benzene rings is 2. The van der Waals surface area contributed by atoms with Crippen LogP contribution in [0.25, 0.3) is 0 Å². The summed E-state index contributed by atoms with van der Waals surface area (Å²) in [6.07, 6.45) is 0. The molecule has 0 spiro atoms. The van der Waals surface area contributed by atoms with Crippen molar-refractivity contribution in [2.75, 3.05) is 10.7 Å². The molecular weight excluding hydrogens is 437 g/mol. The predicted octanol–water partition coefficient (Wildman–Crippen LogP) is 4.63. The number of amides is 3. The van der Waals surface area contributed by atoms with Gasteiger partial charge in [-0.3, -0.25) is 19.3 Å². The van der Waals surface area contributed by atoms with Gasteiger partial charge < -0.3 is 4.90 Å². The molecule has 0 unspecified atom stereocenters. The first-order valence-corrected chi connectivity index (χ1v) is 11.3. The molecule has 2 heterocycles. The Hall–Kier alpha value is -3.04. The third-order valence-electron chi connectivity index (χ3n) is 4.73. The van der Waals surface area contributed by atoms with E-state index >= 15 is 0 Å². The summed E-state index contributed by atoms with van der Waals surface area (Å²) in [5.41, 5.74) is 2.37. The molecule has 0 aliphatic carbocycles. The summed E-state index contributed by atoms with van der Waals surface area (Å²) in [6.45, 7) is 2.24. The zero-order valence-electron chi connectivity index (χ0n) is 16.6. The zero-order chi connectivity index (χ0) is 22.0. The lowest BCUT2D eigenvalue weighted by molar-refractivity contribution is -0.125. The maximum atomic E-state index is 13.4. The van der Waals surface area contributed by atoms with Crippen molar-refractivity contribution in [1.29, 1.82) is 0 Å². The number of aromatic nitrogens is 1. The van der Waals surface area contributed by atoms with Gasteiger partial charge in [-0.2, -0.15) is 0 Å². The smallest absolute Gasteiger partial charge is 0.289 e. The predicted molar refractivity (Wildman–Crippen MR) is 119 cm³/mol. The second kappa shape index (κ2) is 8.99. The second-order valence-corrected chi connectivity index (χ2v) is 8.95. The van der Waals surface area contributed by atoms with E-state index in [4.69, 9.17) is 0 Å². The summed E-state index contributed by atoms with van der Waals surface area (Å²) < 4.78 is 13.4. The minimum absolute atomic E-state index is 0.119. The van der Waals surface area contributed by atoms with Gasteiger partial charge in [-0.15, -0.1) is 11.3 Å². The van der Waals surface area contributed by atoms with Crippen LogP contribution in [0.5, 0.6) is 0 Å². The molecule has 1 aliphatic rings. The van der Waals surface area contributed by atoms with E-state index in [9.17, 15) is 18.8 Å². The number of thiazole rings is 1. The van der Waals surface area contributed by atoms with E-state index in [-0.39, 0.29) is 41.7 Å². The zero-order valence-corrected chi connectivity index (χ0v) is 18.2. The summed E-state index contributed by atoms with van der Waals surface area (Å²) in [6, 6.07) is 12.6. The Kier molecular flexibility index (Phi) is 6.15. The Balaban J connectivity index is 1.62. The SMILES string of the molecule is Cc1nc(CN(C(=O)c2cccc(CN3C(=O)CSC3=O)c2)c2ccc(F)cc2)cs1. The molecule has 0 bridgehead atoms. The highest BCUT2D eigenvalue weighted by Gasteiger charge is 2.30. The highest BCUT2D eigenvalue weighted by atomic mass is 32.2. The molecule has 1 saturated heterocycles. The normalized spacial score (nSPS) is 13.7. The second-order valence-electron chi connectivity index (χ2n) is 6.96. The molecule has 0 radical (unpaired) electrons. The number of thioether (sulfide) groups is 1. The lowest BCUT2D eigenvalue weighted by Gasteiger charge is -2.23. The molecular formula is C22H18FN3O3S2. The lowest BCUT2D eigenvalue weighted by atomic mass is 10.1. The number of hydrogen-bond acceptors (Lipinski definition) is 6. The van der Waals surface area contributed by atoms with Gasteiger partial charge in [0.15, 0.2) is 0 Å². The molecule has 6 nitrogen and oxygen atoms in total. The molecule has 0 atom stereocenters. The van der Waals surface area contributed by atoms with Crippen molar-refractivity contribution in [1.82, 2.24) is 9.88 Å². The van der Waals surface area contributed by atoms with Gasteiger partial charge in [0.2, 0.25) is 5.91 Å². The van der Waals surface area contributed by atoms with Crippen LogP contribution in [0.1, 0.15) is 26.6 Å². The van der Waals surface area contributed by atoms with Crippen molar-refractivity contribution in [3.8, 4) is 0 Å². The van der Waals surface area contributed by atoms with Gasteiger partial charge in [-0.25, -0.2) is 9.37 Å². The number of rotatable bonds is 6. The highest BCUT2D eigenvalue weighted by molar-refractivity contribution is 8.14. The Labute approximate surface area is 186 Å². The van der Waals surface area contributed by atoms with Gasteiger partial charge in [0, 0.05) is 16.6 Å². The molecule has 3 aromatic rings.